The van der Waals surface area contributed by atoms with Crippen molar-refractivity contribution in [1.29, 1.82) is 5.26 Å². The molecular formula is C25H28N6O3. The standard InChI is InChI=1S/C25H28N6O3/c1-15-12-17(6-7-19(15)24(33)30-13-18(14-30)34-3)28-22-21-20(8-11-27-23(21)32)31(29-22)25(2,9-10-26)16-4-5-16/h6-8,11-12,16,18H,4-5,9,13-14H2,1-3H3,(H,27,32)(H,28,29). The number of nitrogens with one attached hydrogen (secondary N) is 2. The topological polar surface area (TPSA) is 116 Å². The van der Waals surface area contributed by atoms with Gasteiger partial charge in [-0.05, 0) is 62.4 Å². The van der Waals surface area contributed by atoms with Gasteiger partial charge in [0.2, 0.25) is 0 Å². The molecule has 3 heterocycles. The summed E-state index contributed by atoms with van der Waals surface area (Å²) in [5.41, 5.74) is 2.19. The van der Waals surface area contributed by atoms with Crippen molar-refractivity contribution < 1.29 is 9.53 Å². The van der Waals surface area contributed by atoms with E-state index in [-0.39, 0.29) is 17.6 Å². The van der Waals surface area contributed by atoms with Gasteiger partial charge in [0.25, 0.3) is 11.5 Å². The van der Waals surface area contributed by atoms with Gasteiger partial charge in [-0.2, -0.15) is 10.4 Å². The Morgan fingerprint density at radius 1 is 1.35 bits per heavy atom. The highest BCUT2D eigenvalue weighted by Crippen LogP contribution is 2.47. The molecule has 1 atom stereocenters. The number of methoxy groups -OCH3 is 1. The van der Waals surface area contributed by atoms with Crippen LogP contribution in [0.2, 0.25) is 0 Å². The fourth-order valence-corrected chi connectivity index (χ4v) is 4.85. The van der Waals surface area contributed by atoms with Crippen molar-refractivity contribution in [2.45, 2.75) is 44.8 Å². The molecule has 34 heavy (non-hydrogen) atoms. The number of hydrogen-bond acceptors (Lipinski definition) is 6. The number of carbonyl (C=O) groups is 1. The number of aryl methyl sites for hydroxylation is 1. The molecule has 0 radical (unpaired) electrons. The Balaban J connectivity index is 1.48. The summed E-state index contributed by atoms with van der Waals surface area (Å²) in [5.74, 6) is 0.778. The molecule has 0 bridgehead atoms. The molecule has 9 heteroatoms. The van der Waals surface area contributed by atoms with Crippen LogP contribution in [0, 0.1) is 24.2 Å². The third-order valence-electron chi connectivity index (χ3n) is 7.17. The van der Waals surface area contributed by atoms with Crippen LogP contribution in [-0.2, 0) is 10.3 Å². The lowest BCUT2D eigenvalue weighted by Crippen LogP contribution is -2.54. The first-order valence-electron chi connectivity index (χ1n) is 11.5. The van der Waals surface area contributed by atoms with Gasteiger partial charge < -0.3 is 19.9 Å². The largest absolute Gasteiger partial charge is 0.378 e. The first-order valence-corrected chi connectivity index (χ1v) is 11.5. The first-order chi connectivity index (χ1) is 16.4. The maximum Gasteiger partial charge on any atom is 0.261 e. The van der Waals surface area contributed by atoms with Gasteiger partial charge in [-0.25, -0.2) is 0 Å². The summed E-state index contributed by atoms with van der Waals surface area (Å²) in [6.45, 7) is 5.14. The molecule has 176 valence electrons. The Morgan fingerprint density at radius 3 is 2.76 bits per heavy atom. The predicted molar refractivity (Wildman–Crippen MR) is 128 cm³/mol. The third kappa shape index (κ3) is 3.64. The van der Waals surface area contributed by atoms with Gasteiger partial charge in [0.1, 0.15) is 5.39 Å². The highest BCUT2D eigenvalue weighted by molar-refractivity contribution is 5.97. The van der Waals surface area contributed by atoms with Gasteiger partial charge in [0, 0.05) is 37.6 Å². The Labute approximate surface area is 197 Å². The molecule has 1 unspecified atom stereocenters. The van der Waals surface area contributed by atoms with E-state index in [1.165, 1.54) is 0 Å². The van der Waals surface area contributed by atoms with Gasteiger partial charge in [0.15, 0.2) is 5.82 Å². The molecule has 1 saturated carbocycles. The molecule has 3 aromatic rings. The van der Waals surface area contributed by atoms with Gasteiger partial charge in [-0.1, -0.05) is 0 Å². The molecule has 9 nitrogen and oxygen atoms in total. The Morgan fingerprint density at radius 2 is 2.12 bits per heavy atom. The van der Waals surface area contributed by atoms with Crippen LogP contribution in [0.3, 0.4) is 0 Å². The smallest absolute Gasteiger partial charge is 0.261 e. The number of amides is 1. The van der Waals surface area contributed by atoms with E-state index in [0.29, 0.717) is 47.7 Å². The minimum Gasteiger partial charge on any atom is -0.378 e. The average Bonchev–Trinajstić information content (AvgIpc) is 3.56. The molecule has 1 aromatic carbocycles. The number of hydrogen-bond donors (Lipinski definition) is 2. The SMILES string of the molecule is COC1CN(C(=O)c2ccc(Nc3nn(C(C)(CC#N)C4CC4)c4cc[nH]c(=O)c34)cc2C)C1. The number of aromatic amines is 1. The van der Waals surface area contributed by atoms with E-state index >= 15 is 0 Å². The second-order valence-electron chi connectivity index (χ2n) is 9.52. The zero-order valence-electron chi connectivity index (χ0n) is 19.6. The van der Waals surface area contributed by atoms with Crippen LogP contribution in [0.4, 0.5) is 11.5 Å². The quantitative estimate of drug-likeness (QED) is 0.559. The Kier molecular flexibility index (Phi) is 5.41. The van der Waals surface area contributed by atoms with Crippen molar-refractivity contribution in [3.8, 4) is 6.07 Å². The molecule has 2 fully saturated rings. The van der Waals surface area contributed by atoms with Crippen molar-refractivity contribution in [3.63, 3.8) is 0 Å². The van der Waals surface area contributed by atoms with Crippen molar-refractivity contribution in [3.05, 3.63) is 51.9 Å². The second-order valence-corrected chi connectivity index (χ2v) is 9.52. The summed E-state index contributed by atoms with van der Waals surface area (Å²) < 4.78 is 7.11. The number of rotatable bonds is 7. The number of fused-ring (bicyclic) bond motifs is 1. The van der Waals surface area contributed by atoms with Crippen LogP contribution in [0.1, 0.15) is 42.1 Å². The molecule has 1 amide bonds. The number of H-pyrrole nitrogens is 1. The number of likely N-dealkylation sites (tertiary alicyclic amines) is 1. The maximum absolute atomic E-state index is 12.8. The summed E-state index contributed by atoms with van der Waals surface area (Å²) in [4.78, 5) is 30.1. The maximum atomic E-state index is 12.8. The second kappa shape index (κ2) is 8.29. The van der Waals surface area contributed by atoms with Crippen molar-refractivity contribution in [2.24, 2.45) is 5.92 Å². The fourth-order valence-electron chi connectivity index (χ4n) is 4.85. The van der Waals surface area contributed by atoms with Crippen molar-refractivity contribution in [1.82, 2.24) is 19.7 Å². The normalized spacial score (nSPS) is 17.8. The van der Waals surface area contributed by atoms with Crippen LogP contribution in [0.5, 0.6) is 0 Å². The molecule has 2 N–H and O–H groups in total. The summed E-state index contributed by atoms with van der Waals surface area (Å²) >= 11 is 0. The van der Waals surface area contributed by atoms with Gasteiger partial charge in [-0.3, -0.25) is 14.3 Å². The van der Waals surface area contributed by atoms with E-state index in [1.807, 2.05) is 36.7 Å². The lowest BCUT2D eigenvalue weighted by atomic mass is 9.92. The van der Waals surface area contributed by atoms with Gasteiger partial charge in [-0.15, -0.1) is 0 Å². The molecule has 2 aromatic heterocycles. The number of ether oxygens (including phenoxy) is 1. The lowest BCUT2D eigenvalue weighted by molar-refractivity contribution is -0.0192. The predicted octanol–water partition coefficient (Wildman–Crippen LogP) is 3.29. The van der Waals surface area contributed by atoms with Crippen LogP contribution < -0.4 is 10.9 Å². The summed E-state index contributed by atoms with van der Waals surface area (Å²) in [6.07, 6.45) is 4.12. The molecule has 1 aliphatic heterocycles. The highest BCUT2D eigenvalue weighted by Gasteiger charge is 2.45. The van der Waals surface area contributed by atoms with E-state index in [9.17, 15) is 14.9 Å². The van der Waals surface area contributed by atoms with E-state index in [4.69, 9.17) is 9.84 Å². The number of nitriles is 1. The number of carbonyl (C=O) groups excluding carboxylic acids is 1. The Bertz CT molecular complexity index is 1360. The van der Waals surface area contributed by atoms with Crippen molar-refractivity contribution >= 4 is 28.3 Å². The van der Waals surface area contributed by atoms with Crippen LogP contribution in [0.15, 0.2) is 35.3 Å². The third-order valence-corrected chi connectivity index (χ3v) is 7.17. The van der Waals surface area contributed by atoms with Gasteiger partial charge >= 0.3 is 0 Å². The zero-order chi connectivity index (χ0) is 24.0. The number of pyridine rings is 1. The molecule has 2 aliphatic rings. The minimum atomic E-state index is -0.482. The van der Waals surface area contributed by atoms with E-state index in [2.05, 4.69) is 16.4 Å². The monoisotopic (exact) mass is 460 g/mol. The summed E-state index contributed by atoms with van der Waals surface area (Å²) in [7, 11) is 1.65. The minimum absolute atomic E-state index is 0.0137. The number of anilines is 2. The summed E-state index contributed by atoms with van der Waals surface area (Å²) in [6, 6.07) is 9.65. The summed E-state index contributed by atoms with van der Waals surface area (Å²) in [5, 5.41) is 18.0. The average molecular weight is 461 g/mol. The first kappa shape index (κ1) is 22.2. The van der Waals surface area contributed by atoms with Crippen LogP contribution in [0.25, 0.3) is 10.9 Å². The lowest BCUT2D eigenvalue weighted by Gasteiger charge is -2.38. The number of nitrogens with zero attached hydrogens (tertiary/aromatic N) is 4. The molecular weight excluding hydrogens is 432 g/mol. The molecule has 1 aliphatic carbocycles. The zero-order valence-corrected chi connectivity index (χ0v) is 19.6. The highest BCUT2D eigenvalue weighted by atomic mass is 16.5. The van der Waals surface area contributed by atoms with Crippen LogP contribution in [-0.4, -0.2) is 51.9 Å². The van der Waals surface area contributed by atoms with Crippen LogP contribution >= 0.6 is 0 Å². The molecule has 0 spiro atoms. The van der Waals surface area contributed by atoms with Crippen molar-refractivity contribution in [2.75, 3.05) is 25.5 Å². The van der Waals surface area contributed by atoms with E-state index < -0.39 is 5.54 Å². The Hall–Kier alpha value is -3.64. The fraction of sp³-hybridized carbons (Fsp3) is 0.440. The van der Waals surface area contributed by atoms with Gasteiger partial charge in [0.05, 0.1) is 29.6 Å². The molecule has 5 rings (SSSR count). The molecule has 1 saturated heterocycles. The number of benzene rings is 1. The van der Waals surface area contributed by atoms with E-state index in [0.717, 1.165) is 24.1 Å². The number of aromatic nitrogens is 3. The van der Waals surface area contributed by atoms with E-state index in [1.54, 1.807) is 24.3 Å².